The van der Waals surface area contributed by atoms with Crippen LogP contribution in [0.25, 0.3) is 0 Å². The van der Waals surface area contributed by atoms with Gasteiger partial charge in [-0.3, -0.25) is 9.69 Å². The van der Waals surface area contributed by atoms with Gasteiger partial charge in [-0.15, -0.1) is 11.3 Å². The highest BCUT2D eigenvalue weighted by molar-refractivity contribution is 8.04. The van der Waals surface area contributed by atoms with E-state index in [9.17, 15) is 19.8 Å². The van der Waals surface area contributed by atoms with Crippen molar-refractivity contribution in [2.45, 2.75) is 31.4 Å². The Labute approximate surface area is 153 Å². The smallest absolute Gasteiger partial charge is 0.356 e. The highest BCUT2D eigenvalue weighted by Gasteiger charge is 2.66. The number of nitrogens with zero attached hydrogens (tertiary/aromatic N) is 2. The van der Waals surface area contributed by atoms with Crippen LogP contribution in [-0.4, -0.2) is 50.1 Å². The lowest BCUT2D eigenvalue weighted by Crippen LogP contribution is -2.68. The van der Waals surface area contributed by atoms with E-state index in [1.54, 1.807) is 25.4 Å². The lowest BCUT2D eigenvalue weighted by Gasteiger charge is -2.52. The molecule has 0 bridgehead atoms. The zero-order valence-electron chi connectivity index (χ0n) is 13.7. The Morgan fingerprint density at radius 1 is 1.60 bits per heavy atom. The van der Waals surface area contributed by atoms with Gasteiger partial charge in [-0.2, -0.15) is 0 Å². The summed E-state index contributed by atoms with van der Waals surface area (Å²) in [5, 5.41) is 22.4. The fourth-order valence-corrected chi connectivity index (χ4v) is 5.15. The molecule has 9 heteroatoms. The Hall–Kier alpha value is -1.68. The second kappa shape index (κ2) is 6.56. The quantitative estimate of drug-likeness (QED) is 0.436. The normalized spacial score (nSPS) is 27.6. The number of β-lactam (4-membered cyclic amide) rings is 1. The molecule has 1 fully saturated rings. The molecule has 0 unspecified atom stereocenters. The summed E-state index contributed by atoms with van der Waals surface area (Å²) < 4.78 is 5.09. The minimum Gasteiger partial charge on any atom is -0.457 e. The molecule has 7 nitrogen and oxygen atoms in total. The number of fused-ring (bicyclic) bond motifs is 1. The van der Waals surface area contributed by atoms with Crippen LogP contribution in [0.1, 0.15) is 25.0 Å². The molecule has 1 saturated heterocycles. The van der Waals surface area contributed by atoms with Crippen molar-refractivity contribution in [1.29, 1.82) is 0 Å². The molecule has 3 heterocycles. The molecule has 1 amide bonds. The molecule has 0 saturated carbocycles. The molecule has 1 aromatic rings. The molecule has 4 atom stereocenters. The summed E-state index contributed by atoms with van der Waals surface area (Å²) in [6.07, 6.45) is 0.953. The maximum atomic E-state index is 12.6. The number of thiazole rings is 1. The van der Waals surface area contributed by atoms with Crippen molar-refractivity contribution in [2.24, 2.45) is 5.41 Å². The second-order valence-electron chi connectivity index (χ2n) is 5.98. The van der Waals surface area contributed by atoms with Crippen LogP contribution in [0, 0.1) is 5.41 Å². The van der Waals surface area contributed by atoms with E-state index in [2.05, 4.69) is 11.6 Å². The summed E-state index contributed by atoms with van der Waals surface area (Å²) in [4.78, 5) is 30.8. The van der Waals surface area contributed by atoms with E-state index in [4.69, 9.17) is 4.74 Å². The fourth-order valence-electron chi connectivity index (χ4n) is 2.82. The van der Waals surface area contributed by atoms with Crippen molar-refractivity contribution >= 4 is 35.0 Å². The van der Waals surface area contributed by atoms with Crippen molar-refractivity contribution in [1.82, 2.24) is 9.88 Å². The zero-order valence-corrected chi connectivity index (χ0v) is 15.3. The number of aliphatic hydroxyl groups excluding tert-OH is 2. The van der Waals surface area contributed by atoms with Gasteiger partial charge in [0.2, 0.25) is 5.91 Å². The predicted molar refractivity (Wildman–Crippen MR) is 93.3 cm³/mol. The maximum absolute atomic E-state index is 12.6. The van der Waals surface area contributed by atoms with Crippen molar-refractivity contribution in [3.8, 4) is 0 Å². The third-order valence-corrected chi connectivity index (χ3v) is 6.89. The van der Waals surface area contributed by atoms with Gasteiger partial charge in [0.1, 0.15) is 34.2 Å². The first-order chi connectivity index (χ1) is 11.8. The Morgan fingerprint density at radius 2 is 2.32 bits per heavy atom. The zero-order chi connectivity index (χ0) is 18.4. The van der Waals surface area contributed by atoms with E-state index in [-0.39, 0.29) is 18.2 Å². The Kier molecular flexibility index (Phi) is 4.76. The summed E-state index contributed by atoms with van der Waals surface area (Å²) in [6, 6.07) is 0. The predicted octanol–water partition coefficient (Wildman–Crippen LogP) is 1.42. The number of carbonyl (C=O) groups is 2. The number of aromatic nitrogens is 1. The van der Waals surface area contributed by atoms with Crippen LogP contribution >= 0.6 is 23.1 Å². The summed E-state index contributed by atoms with van der Waals surface area (Å²) in [5.41, 5.74) is -1.01. The van der Waals surface area contributed by atoms with Crippen LogP contribution in [0.3, 0.4) is 0 Å². The highest BCUT2D eigenvalue weighted by Crippen LogP contribution is 2.59. The lowest BCUT2D eigenvalue weighted by molar-refractivity contribution is -0.171. The molecular formula is C16H18N2O5S2. The van der Waals surface area contributed by atoms with Gasteiger partial charge >= 0.3 is 5.97 Å². The standard InChI is InChI=1S/C16H18N2O5S2/c1-4-6-23-13(21)9-11(10(20)12-17-5-7-24-12)25-15-16(3,8(2)19)14(22)18(9)15/h4-5,7-8,10,15,19-20H,1,6H2,2-3H3/t8-,10-,15-,16+/m1/s1. The fraction of sp³-hybridized carbons (Fsp3) is 0.438. The molecule has 0 aliphatic carbocycles. The third kappa shape index (κ3) is 2.62. The molecule has 0 spiro atoms. The number of rotatable bonds is 6. The molecule has 0 aromatic carbocycles. The molecule has 1 aromatic heterocycles. The van der Waals surface area contributed by atoms with E-state index in [1.807, 2.05) is 0 Å². The Bertz CT molecular complexity index is 746. The van der Waals surface area contributed by atoms with Gasteiger partial charge in [-0.1, -0.05) is 24.4 Å². The Balaban J connectivity index is 1.99. The number of aliphatic hydroxyl groups is 2. The lowest BCUT2D eigenvalue weighted by atomic mass is 9.75. The van der Waals surface area contributed by atoms with Gasteiger partial charge in [0, 0.05) is 11.6 Å². The van der Waals surface area contributed by atoms with Crippen LogP contribution in [0.4, 0.5) is 0 Å². The second-order valence-corrected chi connectivity index (χ2v) is 8.03. The summed E-state index contributed by atoms with van der Waals surface area (Å²) in [5.74, 6) is -1.08. The monoisotopic (exact) mass is 382 g/mol. The van der Waals surface area contributed by atoms with Crippen LogP contribution in [0.2, 0.25) is 0 Å². The molecular weight excluding hydrogens is 364 g/mol. The van der Waals surface area contributed by atoms with Crippen LogP contribution in [-0.2, 0) is 14.3 Å². The van der Waals surface area contributed by atoms with Crippen LogP contribution in [0.15, 0.2) is 34.8 Å². The van der Waals surface area contributed by atoms with Gasteiger partial charge in [0.25, 0.3) is 0 Å². The SMILES string of the molecule is C=CCOC(=O)C1=C([C@@H](O)c2nccs2)S[C@H]2N1C(=O)[C@]2(C)[C@@H](C)O. The summed E-state index contributed by atoms with van der Waals surface area (Å²) in [7, 11) is 0. The number of carbonyl (C=O) groups excluding carboxylic acids is 2. The van der Waals surface area contributed by atoms with E-state index >= 15 is 0 Å². The van der Waals surface area contributed by atoms with Crippen molar-refractivity contribution in [3.05, 3.63) is 39.8 Å². The number of hydrogen-bond acceptors (Lipinski definition) is 8. The molecule has 2 N–H and O–H groups in total. The molecule has 3 rings (SSSR count). The van der Waals surface area contributed by atoms with E-state index in [1.165, 1.54) is 34.1 Å². The number of esters is 1. The van der Waals surface area contributed by atoms with Crippen molar-refractivity contribution in [2.75, 3.05) is 6.61 Å². The van der Waals surface area contributed by atoms with Crippen LogP contribution < -0.4 is 0 Å². The first-order valence-corrected chi connectivity index (χ1v) is 9.38. The van der Waals surface area contributed by atoms with Gasteiger partial charge in [-0.05, 0) is 13.8 Å². The van der Waals surface area contributed by atoms with Gasteiger partial charge < -0.3 is 14.9 Å². The number of thioether (sulfide) groups is 1. The number of ether oxygens (including phenoxy) is 1. The average Bonchev–Trinajstić information content (AvgIpc) is 3.24. The molecule has 134 valence electrons. The third-order valence-electron chi connectivity index (χ3n) is 4.47. The summed E-state index contributed by atoms with van der Waals surface area (Å²) >= 11 is 2.44. The van der Waals surface area contributed by atoms with Gasteiger partial charge in [0.05, 0.1) is 11.0 Å². The average molecular weight is 382 g/mol. The van der Waals surface area contributed by atoms with Gasteiger partial charge in [-0.25, -0.2) is 9.78 Å². The van der Waals surface area contributed by atoms with Crippen molar-refractivity contribution in [3.63, 3.8) is 0 Å². The first kappa shape index (κ1) is 18.1. The van der Waals surface area contributed by atoms with E-state index < -0.39 is 29.0 Å². The minimum atomic E-state index is -1.13. The highest BCUT2D eigenvalue weighted by atomic mass is 32.2. The molecule has 25 heavy (non-hydrogen) atoms. The summed E-state index contributed by atoms with van der Waals surface area (Å²) in [6.45, 7) is 6.68. The maximum Gasteiger partial charge on any atom is 0.356 e. The van der Waals surface area contributed by atoms with Crippen LogP contribution in [0.5, 0.6) is 0 Å². The minimum absolute atomic E-state index is 0.00596. The number of amides is 1. The van der Waals surface area contributed by atoms with E-state index in [0.29, 0.717) is 9.91 Å². The topological polar surface area (TPSA) is 100.0 Å². The van der Waals surface area contributed by atoms with E-state index in [0.717, 1.165) is 0 Å². The van der Waals surface area contributed by atoms with Gasteiger partial charge in [0.15, 0.2) is 0 Å². The number of hydrogen-bond donors (Lipinski definition) is 2. The molecule has 0 radical (unpaired) electrons. The molecule has 2 aliphatic rings. The first-order valence-electron chi connectivity index (χ1n) is 7.62. The van der Waals surface area contributed by atoms with Crippen molar-refractivity contribution < 1.29 is 24.5 Å². The Morgan fingerprint density at radius 3 is 2.88 bits per heavy atom. The largest absolute Gasteiger partial charge is 0.457 e. The molecule has 2 aliphatic heterocycles.